The molecule has 1 aliphatic carbocycles. The number of alkyl halides is 3. The van der Waals surface area contributed by atoms with Gasteiger partial charge in [-0.15, -0.1) is 0 Å². The molecule has 44 heavy (non-hydrogen) atoms. The first kappa shape index (κ1) is 28.7. The van der Waals surface area contributed by atoms with Gasteiger partial charge in [-0.1, -0.05) is 0 Å². The van der Waals surface area contributed by atoms with Crippen LogP contribution in [-0.4, -0.2) is 77.8 Å². The van der Waals surface area contributed by atoms with E-state index >= 15 is 0 Å². The maximum Gasteiger partial charge on any atom is 0.433 e. The molecule has 230 valence electrons. The number of aromatic nitrogens is 6. The first-order valence-corrected chi connectivity index (χ1v) is 15.2. The Kier molecular flexibility index (Phi) is 7.50. The number of hydrogen-bond donors (Lipinski definition) is 1. The van der Waals surface area contributed by atoms with Crippen molar-refractivity contribution in [3.05, 3.63) is 54.4 Å². The molecule has 0 radical (unpaired) electrons. The van der Waals surface area contributed by atoms with Crippen molar-refractivity contribution in [1.82, 2.24) is 39.5 Å². The van der Waals surface area contributed by atoms with E-state index in [0.29, 0.717) is 37.4 Å². The van der Waals surface area contributed by atoms with Gasteiger partial charge in [0.2, 0.25) is 5.88 Å². The highest BCUT2D eigenvalue weighted by Gasteiger charge is 2.49. The number of hydrogen-bond acceptors (Lipinski definition) is 8. The number of nitrogens with one attached hydrogen (secondary N) is 1. The Labute approximate surface area is 252 Å². The van der Waals surface area contributed by atoms with E-state index in [1.165, 1.54) is 6.33 Å². The van der Waals surface area contributed by atoms with Gasteiger partial charge < -0.3 is 9.72 Å². The summed E-state index contributed by atoms with van der Waals surface area (Å²) < 4.78 is 48.9. The predicted octanol–water partition coefficient (Wildman–Crippen LogP) is 5.15. The minimum atomic E-state index is -4.53. The molecule has 4 aromatic heterocycles. The maximum atomic E-state index is 13.6. The molecule has 6 heterocycles. The second-order valence-corrected chi connectivity index (χ2v) is 12.3. The molecule has 3 aliphatic rings. The van der Waals surface area contributed by atoms with E-state index in [9.17, 15) is 18.4 Å². The van der Waals surface area contributed by atoms with Crippen LogP contribution in [0.5, 0.6) is 5.88 Å². The number of pyridine rings is 1. The molecule has 2 saturated heterocycles. The zero-order chi connectivity index (χ0) is 30.3. The number of H-pyrrole nitrogens is 1. The van der Waals surface area contributed by atoms with Crippen LogP contribution in [0.4, 0.5) is 13.2 Å². The highest BCUT2D eigenvalue weighted by molar-refractivity contribution is 5.90. The number of piperidine rings is 1. The minimum Gasteiger partial charge on any atom is -0.474 e. The van der Waals surface area contributed by atoms with Gasteiger partial charge in [-0.05, 0) is 69.3 Å². The van der Waals surface area contributed by atoms with Gasteiger partial charge in [-0.2, -0.15) is 23.5 Å². The van der Waals surface area contributed by atoms with Gasteiger partial charge >= 0.3 is 6.18 Å². The van der Waals surface area contributed by atoms with Crippen LogP contribution in [0.2, 0.25) is 0 Å². The average molecular weight is 606 g/mol. The molecule has 0 amide bonds. The fourth-order valence-electron chi connectivity index (χ4n) is 7.03. The van der Waals surface area contributed by atoms with E-state index in [-0.39, 0.29) is 17.5 Å². The monoisotopic (exact) mass is 605 g/mol. The Morgan fingerprint density at radius 2 is 1.89 bits per heavy atom. The molecule has 3 fully saturated rings. The van der Waals surface area contributed by atoms with E-state index in [1.54, 1.807) is 12.3 Å². The van der Waals surface area contributed by atoms with Crippen LogP contribution in [0.1, 0.15) is 56.2 Å². The quantitative estimate of drug-likeness (QED) is 0.294. The van der Waals surface area contributed by atoms with E-state index in [0.717, 1.165) is 80.2 Å². The Morgan fingerprint density at radius 1 is 1.09 bits per heavy atom. The number of nitriles is 1. The third kappa shape index (κ3) is 5.64. The summed E-state index contributed by atoms with van der Waals surface area (Å²) in [6, 6.07) is 7.42. The summed E-state index contributed by atoms with van der Waals surface area (Å²) in [5.74, 6) is 0.0549. The number of rotatable bonds is 8. The van der Waals surface area contributed by atoms with Gasteiger partial charge in [0.25, 0.3) is 0 Å². The topological polar surface area (TPSA) is 112 Å². The first-order valence-electron chi connectivity index (χ1n) is 15.2. The zero-order valence-corrected chi connectivity index (χ0v) is 24.3. The highest BCUT2D eigenvalue weighted by Crippen LogP contribution is 2.45. The highest BCUT2D eigenvalue weighted by atomic mass is 19.4. The van der Waals surface area contributed by atoms with Crippen LogP contribution in [0.3, 0.4) is 0 Å². The Hall–Kier alpha value is -4.02. The van der Waals surface area contributed by atoms with Crippen LogP contribution < -0.4 is 4.74 Å². The number of fused-ring (bicyclic) bond motifs is 1. The van der Waals surface area contributed by atoms with Crippen molar-refractivity contribution in [2.75, 3.05) is 26.2 Å². The predicted molar refractivity (Wildman–Crippen MR) is 155 cm³/mol. The third-order valence-electron chi connectivity index (χ3n) is 9.37. The Morgan fingerprint density at radius 3 is 2.64 bits per heavy atom. The molecule has 1 saturated carbocycles. The summed E-state index contributed by atoms with van der Waals surface area (Å²) in [5.41, 5.74) is 1.74. The van der Waals surface area contributed by atoms with Gasteiger partial charge in [0.05, 0.1) is 29.9 Å². The van der Waals surface area contributed by atoms with Crippen molar-refractivity contribution < 1.29 is 17.9 Å². The summed E-state index contributed by atoms with van der Waals surface area (Å²) in [7, 11) is 0. The summed E-state index contributed by atoms with van der Waals surface area (Å²) >= 11 is 0. The lowest BCUT2D eigenvalue weighted by atomic mass is 9.69. The largest absolute Gasteiger partial charge is 0.474 e. The van der Waals surface area contributed by atoms with Gasteiger partial charge in [-0.25, -0.2) is 15.0 Å². The summed E-state index contributed by atoms with van der Waals surface area (Å²) in [6.07, 6.45) is 7.90. The molecule has 2 aliphatic heterocycles. The SMILES string of the molecule is N#CC[C@]1(n2cc(-c3ncnc4[nH]ccc34)cn2)C[C@@H](N2CCC(Oc3cc(CN4CCCC4)cc(C(F)(F)F)n3)CC2)C1. The maximum absolute atomic E-state index is 13.6. The molecule has 0 spiro atoms. The molecule has 0 bridgehead atoms. The van der Waals surface area contributed by atoms with Gasteiger partial charge in [0.1, 0.15) is 23.8 Å². The van der Waals surface area contributed by atoms with Crippen molar-refractivity contribution >= 4 is 11.0 Å². The van der Waals surface area contributed by atoms with Crippen LogP contribution in [0.15, 0.2) is 43.1 Å². The van der Waals surface area contributed by atoms with Gasteiger partial charge in [0.15, 0.2) is 0 Å². The van der Waals surface area contributed by atoms with Crippen molar-refractivity contribution in [1.29, 1.82) is 5.26 Å². The van der Waals surface area contributed by atoms with Crippen molar-refractivity contribution in [3.8, 4) is 23.2 Å². The molecule has 7 rings (SSSR count). The van der Waals surface area contributed by atoms with Crippen LogP contribution in [0.25, 0.3) is 22.3 Å². The molecular formula is C31H34F3N9O. The van der Waals surface area contributed by atoms with E-state index in [1.807, 2.05) is 23.1 Å². The molecule has 0 atom stereocenters. The lowest BCUT2D eigenvalue weighted by molar-refractivity contribution is -0.141. The minimum absolute atomic E-state index is 0.0549. The molecule has 10 nitrogen and oxygen atoms in total. The lowest BCUT2D eigenvalue weighted by Crippen LogP contribution is -2.58. The molecule has 4 aromatic rings. The number of likely N-dealkylation sites (tertiary alicyclic amines) is 2. The Bertz CT molecular complexity index is 1660. The first-order chi connectivity index (χ1) is 21.3. The van der Waals surface area contributed by atoms with Crippen molar-refractivity contribution in [3.63, 3.8) is 0 Å². The summed E-state index contributed by atoms with van der Waals surface area (Å²) in [4.78, 5) is 20.3. The molecule has 0 aromatic carbocycles. The third-order valence-corrected chi connectivity index (χ3v) is 9.37. The number of halogens is 3. The standard InChI is InChI=1S/C31H34F3N9O/c32-31(33,34)26-13-21(18-41-9-1-2-10-41)14-27(40-26)44-24-4-11-42(12-5-24)23-15-30(16-23,6-7-35)43-19-22(17-39-43)28-25-3-8-36-29(25)38-20-37-28/h3,8,13-14,17,19-20,23-24H,1-2,4-6,9-12,15-16,18H2,(H,36,37,38)/t23-,30+. The Balaban J connectivity index is 0.984. The molecule has 1 N–H and O–H groups in total. The van der Waals surface area contributed by atoms with Gasteiger partial charge in [0, 0.05) is 55.1 Å². The van der Waals surface area contributed by atoms with Crippen LogP contribution in [-0.2, 0) is 18.3 Å². The van der Waals surface area contributed by atoms with Crippen molar-refractivity contribution in [2.24, 2.45) is 0 Å². The fourth-order valence-corrected chi connectivity index (χ4v) is 7.03. The number of ether oxygens (including phenoxy) is 1. The van der Waals surface area contributed by atoms with E-state index in [2.05, 4.69) is 40.9 Å². The number of aromatic amines is 1. The second-order valence-electron chi connectivity index (χ2n) is 12.3. The summed E-state index contributed by atoms with van der Waals surface area (Å²) in [6.45, 7) is 3.81. The second kappa shape index (κ2) is 11.5. The fraction of sp³-hybridized carbons (Fsp3) is 0.516. The molecular weight excluding hydrogens is 571 g/mol. The smallest absolute Gasteiger partial charge is 0.433 e. The molecule has 0 unspecified atom stereocenters. The van der Waals surface area contributed by atoms with Crippen molar-refractivity contribution in [2.45, 2.75) is 75.4 Å². The molecule has 13 heteroatoms. The zero-order valence-electron chi connectivity index (χ0n) is 24.3. The lowest BCUT2D eigenvalue weighted by Gasteiger charge is -2.52. The van der Waals surface area contributed by atoms with E-state index in [4.69, 9.17) is 4.74 Å². The average Bonchev–Trinajstić information content (AvgIpc) is 3.77. The summed E-state index contributed by atoms with van der Waals surface area (Å²) in [5, 5.41) is 15.3. The number of nitrogens with zero attached hydrogens (tertiary/aromatic N) is 8. The van der Waals surface area contributed by atoms with Gasteiger partial charge in [-0.3, -0.25) is 14.5 Å². The normalized spacial score (nSPS) is 23.5. The van der Waals surface area contributed by atoms with Crippen LogP contribution >= 0.6 is 0 Å². The van der Waals surface area contributed by atoms with Crippen LogP contribution in [0, 0.1) is 11.3 Å². The van der Waals surface area contributed by atoms with E-state index < -0.39 is 11.9 Å².